The van der Waals surface area contributed by atoms with Crippen LogP contribution in [-0.2, 0) is 15.8 Å². The van der Waals surface area contributed by atoms with Gasteiger partial charge >= 0.3 is 0 Å². The van der Waals surface area contributed by atoms with Crippen molar-refractivity contribution in [1.29, 1.82) is 0 Å². The van der Waals surface area contributed by atoms with Crippen LogP contribution in [0.25, 0.3) is 0 Å². The molecule has 0 spiro atoms. The fourth-order valence-electron chi connectivity index (χ4n) is 3.86. The number of sulfonamides is 1. The minimum atomic E-state index is -3.44. The average molecular weight is 446 g/mol. The number of likely N-dealkylation sites (tertiary alicyclic amines) is 1. The largest absolute Gasteiger partial charge is 0.339 e. The fraction of sp³-hybridized carbons (Fsp3) is 0.455. The van der Waals surface area contributed by atoms with Crippen molar-refractivity contribution in [3.8, 4) is 0 Å². The Kier molecular flexibility index (Phi) is 6.75. The van der Waals surface area contributed by atoms with Crippen LogP contribution in [0, 0.1) is 0 Å². The third kappa shape index (κ3) is 4.87. The second-order valence-electron chi connectivity index (χ2n) is 7.78. The molecule has 2 aliphatic rings. The lowest BCUT2D eigenvalue weighted by atomic mass is 10.1. The zero-order chi connectivity index (χ0) is 21.0. The smallest absolute Gasteiger partial charge is 0.253 e. The third-order valence-electron chi connectivity index (χ3n) is 5.64. The van der Waals surface area contributed by atoms with Gasteiger partial charge in [0.05, 0.1) is 5.03 Å². The number of hydrogen-bond donors (Lipinski definition) is 0. The van der Waals surface area contributed by atoms with E-state index in [1.165, 1.54) is 6.20 Å². The molecule has 2 aromatic rings. The van der Waals surface area contributed by atoms with Crippen LogP contribution in [0.15, 0.2) is 52.5 Å². The van der Waals surface area contributed by atoms with Crippen molar-refractivity contribution < 1.29 is 13.2 Å². The first-order valence-electron chi connectivity index (χ1n) is 10.5. The van der Waals surface area contributed by atoms with E-state index in [9.17, 15) is 13.2 Å². The molecule has 0 radical (unpaired) electrons. The fourth-order valence-corrected chi connectivity index (χ4v) is 6.12. The molecule has 160 valence electrons. The van der Waals surface area contributed by atoms with E-state index in [0.29, 0.717) is 18.8 Å². The van der Waals surface area contributed by atoms with Crippen molar-refractivity contribution in [3.63, 3.8) is 0 Å². The van der Waals surface area contributed by atoms with Crippen LogP contribution in [0.3, 0.4) is 0 Å². The molecule has 1 aromatic heterocycles. The van der Waals surface area contributed by atoms with Crippen molar-refractivity contribution in [1.82, 2.24) is 14.2 Å². The van der Waals surface area contributed by atoms with E-state index in [1.807, 2.05) is 29.2 Å². The summed E-state index contributed by atoms with van der Waals surface area (Å²) in [5.74, 6) is 0.822. The highest BCUT2D eigenvalue weighted by molar-refractivity contribution is 7.98. The molecule has 0 N–H and O–H groups in total. The van der Waals surface area contributed by atoms with Crippen molar-refractivity contribution in [3.05, 3.63) is 53.7 Å². The lowest BCUT2D eigenvalue weighted by Gasteiger charge is -2.25. The first kappa shape index (κ1) is 21.3. The molecule has 2 fully saturated rings. The molecular weight excluding hydrogens is 418 g/mol. The van der Waals surface area contributed by atoms with Gasteiger partial charge in [-0.25, -0.2) is 13.4 Å². The SMILES string of the molecule is O=C(c1ccc(CSc2ccc(S(=O)(=O)N3CCCCC3)cn2)cc1)N1CCCC1. The predicted octanol–water partition coefficient (Wildman–Crippen LogP) is 3.78. The lowest BCUT2D eigenvalue weighted by molar-refractivity contribution is 0.0793. The van der Waals surface area contributed by atoms with Crippen LogP contribution in [0.4, 0.5) is 0 Å². The van der Waals surface area contributed by atoms with Crippen LogP contribution < -0.4 is 0 Å². The Morgan fingerprint density at radius 2 is 1.57 bits per heavy atom. The molecule has 0 bridgehead atoms. The topological polar surface area (TPSA) is 70.6 Å². The first-order valence-corrected chi connectivity index (χ1v) is 12.9. The molecule has 2 saturated heterocycles. The molecular formula is C22H27N3O3S2. The van der Waals surface area contributed by atoms with Gasteiger partial charge in [-0.05, 0) is 55.5 Å². The second kappa shape index (κ2) is 9.49. The number of thioether (sulfide) groups is 1. The number of carbonyl (C=O) groups is 1. The number of amides is 1. The number of hydrogen-bond acceptors (Lipinski definition) is 5. The minimum Gasteiger partial charge on any atom is -0.339 e. The summed E-state index contributed by atoms with van der Waals surface area (Å²) in [6.07, 6.45) is 6.57. The van der Waals surface area contributed by atoms with Gasteiger partial charge in [-0.15, -0.1) is 11.8 Å². The summed E-state index contributed by atoms with van der Waals surface area (Å²) in [6, 6.07) is 11.2. The summed E-state index contributed by atoms with van der Waals surface area (Å²) >= 11 is 1.55. The summed E-state index contributed by atoms with van der Waals surface area (Å²) in [7, 11) is -3.44. The molecule has 2 aliphatic heterocycles. The monoisotopic (exact) mass is 445 g/mol. The van der Waals surface area contributed by atoms with Crippen molar-refractivity contribution in [2.45, 2.75) is 47.8 Å². The highest BCUT2D eigenvalue weighted by Gasteiger charge is 2.26. The molecule has 8 heteroatoms. The Hall–Kier alpha value is -1.90. The van der Waals surface area contributed by atoms with Crippen molar-refractivity contribution in [2.75, 3.05) is 26.2 Å². The van der Waals surface area contributed by atoms with Gasteiger partial charge in [0, 0.05) is 43.7 Å². The maximum Gasteiger partial charge on any atom is 0.253 e. The molecule has 4 rings (SSSR count). The first-order chi connectivity index (χ1) is 14.5. The van der Waals surface area contributed by atoms with Crippen molar-refractivity contribution >= 4 is 27.7 Å². The van der Waals surface area contributed by atoms with Gasteiger partial charge in [-0.2, -0.15) is 4.31 Å². The van der Waals surface area contributed by atoms with Gasteiger partial charge in [-0.1, -0.05) is 18.6 Å². The van der Waals surface area contributed by atoms with E-state index in [-0.39, 0.29) is 10.8 Å². The van der Waals surface area contributed by atoms with Crippen LogP contribution in [-0.4, -0.2) is 54.7 Å². The Balaban J connectivity index is 1.34. The van der Waals surface area contributed by atoms with Gasteiger partial charge in [0.1, 0.15) is 4.90 Å². The van der Waals surface area contributed by atoms with E-state index in [1.54, 1.807) is 28.2 Å². The number of benzene rings is 1. The Labute approximate surface area is 182 Å². The van der Waals surface area contributed by atoms with Gasteiger partial charge in [0.15, 0.2) is 0 Å². The van der Waals surface area contributed by atoms with Gasteiger partial charge < -0.3 is 4.90 Å². The van der Waals surface area contributed by atoms with Crippen LogP contribution in [0.2, 0.25) is 0 Å². The lowest BCUT2D eigenvalue weighted by Crippen LogP contribution is -2.35. The maximum absolute atomic E-state index is 12.7. The summed E-state index contributed by atoms with van der Waals surface area (Å²) in [4.78, 5) is 18.9. The van der Waals surface area contributed by atoms with Crippen LogP contribution >= 0.6 is 11.8 Å². The molecule has 0 atom stereocenters. The summed E-state index contributed by atoms with van der Waals surface area (Å²) in [5.41, 5.74) is 1.83. The Morgan fingerprint density at radius 3 is 2.20 bits per heavy atom. The number of pyridine rings is 1. The second-order valence-corrected chi connectivity index (χ2v) is 10.7. The van der Waals surface area contributed by atoms with E-state index in [4.69, 9.17) is 0 Å². The molecule has 1 aromatic carbocycles. The molecule has 0 aliphatic carbocycles. The zero-order valence-corrected chi connectivity index (χ0v) is 18.6. The maximum atomic E-state index is 12.7. The summed E-state index contributed by atoms with van der Waals surface area (Å²) < 4.78 is 27.0. The van der Waals surface area contributed by atoms with E-state index in [2.05, 4.69) is 4.98 Å². The zero-order valence-electron chi connectivity index (χ0n) is 17.0. The normalized spacial score (nSPS) is 17.9. The predicted molar refractivity (Wildman–Crippen MR) is 118 cm³/mol. The number of carbonyl (C=O) groups excluding carboxylic acids is 1. The number of piperidine rings is 1. The highest BCUT2D eigenvalue weighted by Crippen LogP contribution is 2.25. The summed E-state index contributed by atoms with van der Waals surface area (Å²) in [5, 5.41) is 0.782. The average Bonchev–Trinajstić information content (AvgIpc) is 3.33. The molecule has 0 saturated carbocycles. The molecule has 6 nitrogen and oxygen atoms in total. The minimum absolute atomic E-state index is 0.110. The van der Waals surface area contributed by atoms with E-state index < -0.39 is 10.0 Å². The Morgan fingerprint density at radius 1 is 0.900 bits per heavy atom. The van der Waals surface area contributed by atoms with Gasteiger partial charge in [-0.3, -0.25) is 4.79 Å². The van der Waals surface area contributed by atoms with Crippen LogP contribution in [0.1, 0.15) is 48.0 Å². The van der Waals surface area contributed by atoms with Crippen molar-refractivity contribution in [2.24, 2.45) is 0 Å². The Bertz CT molecular complexity index is 964. The van der Waals surface area contributed by atoms with E-state index in [0.717, 1.165) is 61.3 Å². The molecule has 30 heavy (non-hydrogen) atoms. The van der Waals surface area contributed by atoms with Gasteiger partial charge in [0.2, 0.25) is 10.0 Å². The molecule has 0 unspecified atom stereocenters. The molecule has 3 heterocycles. The third-order valence-corrected chi connectivity index (χ3v) is 8.54. The van der Waals surface area contributed by atoms with Gasteiger partial charge in [0.25, 0.3) is 5.91 Å². The standard InChI is InChI=1S/C22H27N3O3S2/c26-22(24-12-4-5-13-24)19-8-6-18(7-9-19)17-29-21-11-10-20(16-23-21)30(27,28)25-14-2-1-3-15-25/h6-11,16H,1-5,12-15,17H2. The highest BCUT2D eigenvalue weighted by atomic mass is 32.2. The number of rotatable bonds is 6. The van der Waals surface area contributed by atoms with Crippen LogP contribution in [0.5, 0.6) is 0 Å². The quantitative estimate of drug-likeness (QED) is 0.633. The summed E-state index contributed by atoms with van der Waals surface area (Å²) in [6.45, 7) is 2.89. The number of nitrogens with zero attached hydrogens (tertiary/aromatic N) is 3. The molecule has 1 amide bonds. The van der Waals surface area contributed by atoms with E-state index >= 15 is 0 Å². The number of aromatic nitrogens is 1.